The van der Waals surface area contributed by atoms with E-state index in [0.29, 0.717) is 12.4 Å². The number of amides is 1. The van der Waals surface area contributed by atoms with Gasteiger partial charge in [-0.25, -0.2) is 4.98 Å². The summed E-state index contributed by atoms with van der Waals surface area (Å²) >= 11 is 3.36. The van der Waals surface area contributed by atoms with Gasteiger partial charge in [0, 0.05) is 11.1 Å². The number of halogens is 1. The first-order valence-corrected chi connectivity index (χ1v) is 7.07. The van der Waals surface area contributed by atoms with Gasteiger partial charge in [-0.2, -0.15) is 0 Å². The van der Waals surface area contributed by atoms with Gasteiger partial charge in [0.1, 0.15) is 12.4 Å². The molecule has 0 spiro atoms. The minimum Gasteiger partial charge on any atom is -0.376 e. The van der Waals surface area contributed by atoms with Gasteiger partial charge in [0.25, 0.3) is 5.91 Å². The molecule has 1 N–H and O–H groups in total. The van der Waals surface area contributed by atoms with Gasteiger partial charge in [-0.3, -0.25) is 4.79 Å². The summed E-state index contributed by atoms with van der Waals surface area (Å²) in [5.41, 5.74) is 0.832. The first-order valence-electron chi connectivity index (χ1n) is 6.27. The number of carbonyl (C=O) groups excluding carboxylic acids is 1. The highest BCUT2D eigenvalue weighted by Gasteiger charge is 2.16. The van der Waals surface area contributed by atoms with E-state index in [1.807, 2.05) is 13.0 Å². The zero-order valence-electron chi connectivity index (χ0n) is 10.8. The van der Waals surface area contributed by atoms with E-state index in [1.165, 1.54) is 0 Å². The number of nitrogens with one attached hydrogen (secondary N) is 1. The second-order valence-electron chi connectivity index (χ2n) is 4.46. The van der Waals surface area contributed by atoms with Crippen molar-refractivity contribution in [1.29, 1.82) is 0 Å². The highest BCUT2D eigenvalue weighted by atomic mass is 79.9. The summed E-state index contributed by atoms with van der Waals surface area (Å²) in [4.78, 5) is 15.9. The number of aryl methyl sites for hydroxylation is 1. The number of rotatable bonds is 5. The van der Waals surface area contributed by atoms with E-state index in [0.717, 1.165) is 29.6 Å². The molecule has 19 heavy (non-hydrogen) atoms. The van der Waals surface area contributed by atoms with Crippen molar-refractivity contribution < 1.29 is 14.3 Å². The minimum atomic E-state index is -0.202. The molecule has 5 nitrogen and oxygen atoms in total. The van der Waals surface area contributed by atoms with Gasteiger partial charge >= 0.3 is 0 Å². The molecule has 1 fully saturated rings. The molecule has 1 aromatic heterocycles. The summed E-state index contributed by atoms with van der Waals surface area (Å²) in [5, 5.41) is 2.70. The third-order valence-electron chi connectivity index (χ3n) is 2.85. The molecule has 1 atom stereocenters. The topological polar surface area (TPSA) is 60.5 Å². The second kappa shape index (κ2) is 6.98. The van der Waals surface area contributed by atoms with Crippen LogP contribution in [0.5, 0.6) is 0 Å². The van der Waals surface area contributed by atoms with Crippen molar-refractivity contribution in [3.05, 3.63) is 22.3 Å². The normalized spacial score (nSPS) is 18.5. The molecule has 2 heterocycles. The zero-order valence-corrected chi connectivity index (χ0v) is 12.4. The molecule has 0 saturated carbocycles. The number of ether oxygens (including phenoxy) is 2. The van der Waals surface area contributed by atoms with Gasteiger partial charge in [0.05, 0.1) is 18.4 Å². The van der Waals surface area contributed by atoms with E-state index in [2.05, 4.69) is 26.2 Å². The molecule has 6 heteroatoms. The highest BCUT2D eigenvalue weighted by Crippen LogP contribution is 2.16. The lowest BCUT2D eigenvalue weighted by Crippen LogP contribution is -2.23. The monoisotopic (exact) mass is 328 g/mol. The van der Waals surface area contributed by atoms with Gasteiger partial charge in [0.2, 0.25) is 0 Å². The Morgan fingerprint density at radius 3 is 3.16 bits per heavy atom. The van der Waals surface area contributed by atoms with Gasteiger partial charge in [0.15, 0.2) is 0 Å². The van der Waals surface area contributed by atoms with Crippen LogP contribution in [0.25, 0.3) is 0 Å². The van der Waals surface area contributed by atoms with Crippen molar-refractivity contribution in [2.24, 2.45) is 0 Å². The molecule has 1 aromatic rings. The molecule has 1 aliphatic rings. The van der Waals surface area contributed by atoms with Crippen molar-refractivity contribution in [2.75, 3.05) is 25.1 Å². The molecule has 0 radical (unpaired) electrons. The van der Waals surface area contributed by atoms with Crippen molar-refractivity contribution in [3.63, 3.8) is 0 Å². The lowest BCUT2D eigenvalue weighted by atomic mass is 10.2. The van der Waals surface area contributed by atoms with E-state index < -0.39 is 0 Å². The number of carbonyl (C=O) groups is 1. The fourth-order valence-electron chi connectivity index (χ4n) is 1.85. The Balaban J connectivity index is 1.72. The summed E-state index contributed by atoms with van der Waals surface area (Å²) in [5.74, 6) is 0.332. The van der Waals surface area contributed by atoms with Crippen LogP contribution < -0.4 is 5.32 Å². The molecule has 0 unspecified atom stereocenters. The number of nitrogens with zero attached hydrogens (tertiary/aromatic N) is 1. The third-order valence-corrected chi connectivity index (χ3v) is 3.69. The molecular formula is C13H17BrN2O3. The number of aromatic nitrogens is 1. The summed E-state index contributed by atoms with van der Waals surface area (Å²) < 4.78 is 11.7. The summed E-state index contributed by atoms with van der Waals surface area (Å²) in [6.07, 6.45) is 2.22. The van der Waals surface area contributed by atoms with Gasteiger partial charge in [-0.1, -0.05) is 0 Å². The largest absolute Gasteiger partial charge is 0.376 e. The van der Waals surface area contributed by atoms with Crippen molar-refractivity contribution in [3.8, 4) is 0 Å². The van der Waals surface area contributed by atoms with E-state index in [9.17, 15) is 4.79 Å². The van der Waals surface area contributed by atoms with Crippen molar-refractivity contribution in [1.82, 2.24) is 4.98 Å². The predicted molar refractivity (Wildman–Crippen MR) is 75.1 cm³/mol. The molecule has 0 aromatic carbocycles. The van der Waals surface area contributed by atoms with Gasteiger partial charge in [-0.15, -0.1) is 0 Å². The SMILES string of the molecule is Cc1nc(NC(=O)COC[C@@H]2CCCO2)ccc1Br. The Bertz CT molecular complexity index is 448. The number of hydrogen-bond acceptors (Lipinski definition) is 4. The maximum absolute atomic E-state index is 11.7. The van der Waals surface area contributed by atoms with E-state index >= 15 is 0 Å². The Morgan fingerprint density at radius 2 is 2.47 bits per heavy atom. The Labute approximate surface area is 120 Å². The van der Waals surface area contributed by atoms with Crippen LogP contribution in [0.4, 0.5) is 5.82 Å². The lowest BCUT2D eigenvalue weighted by Gasteiger charge is -2.10. The summed E-state index contributed by atoms with van der Waals surface area (Å²) in [6, 6.07) is 3.60. The standard InChI is InChI=1S/C13H17BrN2O3/c1-9-11(14)4-5-12(15-9)16-13(17)8-18-7-10-3-2-6-19-10/h4-5,10H,2-3,6-8H2,1H3,(H,15,16,17)/t10-/m0/s1. The van der Waals surface area contributed by atoms with Crippen LogP contribution in [0.1, 0.15) is 18.5 Å². The maximum Gasteiger partial charge on any atom is 0.251 e. The van der Waals surface area contributed by atoms with E-state index in [-0.39, 0.29) is 18.6 Å². The molecule has 2 rings (SSSR count). The highest BCUT2D eigenvalue weighted by molar-refractivity contribution is 9.10. The maximum atomic E-state index is 11.7. The summed E-state index contributed by atoms with van der Waals surface area (Å²) in [7, 11) is 0. The fraction of sp³-hybridized carbons (Fsp3) is 0.538. The Hall–Kier alpha value is -0.980. The zero-order chi connectivity index (χ0) is 13.7. The van der Waals surface area contributed by atoms with Crippen LogP contribution in [0.15, 0.2) is 16.6 Å². The van der Waals surface area contributed by atoms with Crippen molar-refractivity contribution >= 4 is 27.7 Å². The number of pyridine rings is 1. The molecule has 0 aliphatic carbocycles. The average molecular weight is 329 g/mol. The van der Waals surface area contributed by atoms with Crippen LogP contribution in [-0.2, 0) is 14.3 Å². The van der Waals surface area contributed by atoms with E-state index in [1.54, 1.807) is 6.07 Å². The molecule has 1 aliphatic heterocycles. The first-order chi connectivity index (χ1) is 9.15. The summed E-state index contributed by atoms with van der Waals surface area (Å²) in [6.45, 7) is 3.16. The van der Waals surface area contributed by atoms with Gasteiger partial charge in [-0.05, 0) is 47.8 Å². The van der Waals surface area contributed by atoms with Crippen LogP contribution in [0, 0.1) is 6.92 Å². The molecular weight excluding hydrogens is 312 g/mol. The molecule has 104 valence electrons. The molecule has 1 amide bonds. The quantitative estimate of drug-likeness (QED) is 0.900. The number of anilines is 1. The fourth-order valence-corrected chi connectivity index (χ4v) is 2.07. The van der Waals surface area contributed by atoms with Crippen LogP contribution in [0.3, 0.4) is 0 Å². The predicted octanol–water partition coefficient (Wildman–Crippen LogP) is 2.29. The van der Waals surface area contributed by atoms with Crippen LogP contribution >= 0.6 is 15.9 Å². The van der Waals surface area contributed by atoms with Crippen LogP contribution in [0.2, 0.25) is 0 Å². The minimum absolute atomic E-state index is 0.0245. The number of hydrogen-bond donors (Lipinski definition) is 1. The van der Waals surface area contributed by atoms with Gasteiger partial charge < -0.3 is 14.8 Å². The Morgan fingerprint density at radius 1 is 1.63 bits per heavy atom. The molecule has 0 bridgehead atoms. The second-order valence-corrected chi connectivity index (χ2v) is 5.32. The first kappa shape index (κ1) is 14.4. The smallest absolute Gasteiger partial charge is 0.251 e. The average Bonchev–Trinajstić information content (AvgIpc) is 2.87. The Kier molecular flexibility index (Phi) is 5.30. The van der Waals surface area contributed by atoms with E-state index in [4.69, 9.17) is 9.47 Å². The van der Waals surface area contributed by atoms with Crippen molar-refractivity contribution in [2.45, 2.75) is 25.9 Å². The van der Waals surface area contributed by atoms with Crippen LogP contribution in [-0.4, -0.2) is 36.8 Å². The molecule has 1 saturated heterocycles. The lowest BCUT2D eigenvalue weighted by molar-refractivity contribution is -0.121. The third kappa shape index (κ3) is 4.56.